The molecule has 0 aliphatic carbocycles. The quantitative estimate of drug-likeness (QED) is 0.517. The summed E-state index contributed by atoms with van der Waals surface area (Å²) >= 11 is 6.03. The number of aromatic nitrogens is 3. The molecule has 2 atom stereocenters. The van der Waals surface area contributed by atoms with Gasteiger partial charge in [0, 0.05) is 25.5 Å². The molecule has 176 valence electrons. The van der Waals surface area contributed by atoms with Crippen LogP contribution in [0.25, 0.3) is 16.8 Å². The van der Waals surface area contributed by atoms with Gasteiger partial charge >= 0.3 is 12.3 Å². The number of ether oxygens (including phenoxy) is 1. The predicted molar refractivity (Wildman–Crippen MR) is 114 cm³/mol. The van der Waals surface area contributed by atoms with Gasteiger partial charge in [-0.15, -0.1) is 0 Å². The molecule has 2 aromatic heterocycles. The number of halogens is 4. The zero-order chi connectivity index (χ0) is 23.7. The molecule has 0 N–H and O–H groups in total. The van der Waals surface area contributed by atoms with Crippen molar-refractivity contribution in [3.05, 3.63) is 35.1 Å². The molecule has 3 saturated heterocycles. The van der Waals surface area contributed by atoms with Gasteiger partial charge in [-0.05, 0) is 39.3 Å². The highest BCUT2D eigenvalue weighted by Gasteiger charge is 2.50. The lowest BCUT2D eigenvalue weighted by Crippen LogP contribution is -2.70. The van der Waals surface area contributed by atoms with E-state index in [1.54, 1.807) is 42.8 Å². The van der Waals surface area contributed by atoms with Gasteiger partial charge in [0.05, 0.1) is 17.1 Å². The third-order valence-corrected chi connectivity index (χ3v) is 5.99. The van der Waals surface area contributed by atoms with Crippen LogP contribution < -0.4 is 4.90 Å². The van der Waals surface area contributed by atoms with E-state index >= 15 is 0 Å². The molecular weight excluding hydrogens is 463 g/mol. The summed E-state index contributed by atoms with van der Waals surface area (Å²) in [6.07, 6.45) is -1.25. The van der Waals surface area contributed by atoms with E-state index in [1.165, 1.54) is 16.9 Å². The number of hydrogen-bond donors (Lipinski definition) is 0. The normalized spacial score (nSPS) is 20.8. The molecule has 12 heteroatoms. The number of hydrogen-bond acceptors (Lipinski definition) is 6. The van der Waals surface area contributed by atoms with Crippen LogP contribution in [0.3, 0.4) is 0 Å². The van der Waals surface area contributed by atoms with E-state index < -0.39 is 28.5 Å². The Morgan fingerprint density at radius 2 is 1.94 bits per heavy atom. The average molecular weight is 484 g/mol. The summed E-state index contributed by atoms with van der Waals surface area (Å²) in [5.41, 5.74) is -1.85. The van der Waals surface area contributed by atoms with Gasteiger partial charge in [0.1, 0.15) is 22.4 Å². The summed E-state index contributed by atoms with van der Waals surface area (Å²) in [6, 6.07) is 2.59. The van der Waals surface area contributed by atoms with Crippen molar-refractivity contribution in [1.82, 2.24) is 19.7 Å². The summed E-state index contributed by atoms with van der Waals surface area (Å²) in [4.78, 5) is 20.1. The van der Waals surface area contributed by atoms with Crippen LogP contribution in [0, 0.1) is 0 Å². The first-order valence-corrected chi connectivity index (χ1v) is 10.8. The van der Waals surface area contributed by atoms with Crippen molar-refractivity contribution < 1.29 is 27.1 Å². The SMILES string of the molecule is CC(C)(C)OC(=O)N1C2CC1CN(c1nc3c(C(F)(F)F)c(Cl)cc(-n4cccn4)c3o1)C2. The Hall–Kier alpha value is -2.95. The largest absolute Gasteiger partial charge is 0.444 e. The van der Waals surface area contributed by atoms with E-state index in [9.17, 15) is 18.0 Å². The van der Waals surface area contributed by atoms with Crippen molar-refractivity contribution in [2.45, 2.75) is 51.1 Å². The number of carbonyl (C=O) groups is 1. The first-order chi connectivity index (χ1) is 15.4. The fourth-order valence-corrected chi connectivity index (χ4v) is 4.69. The molecule has 8 nitrogen and oxygen atoms in total. The Morgan fingerprint density at radius 1 is 1.24 bits per heavy atom. The Labute approximate surface area is 191 Å². The number of amides is 1. The van der Waals surface area contributed by atoms with Gasteiger partial charge in [0.25, 0.3) is 6.01 Å². The van der Waals surface area contributed by atoms with Crippen molar-refractivity contribution in [2.24, 2.45) is 0 Å². The minimum absolute atomic E-state index is 0.0460. The van der Waals surface area contributed by atoms with Crippen LogP contribution in [0.5, 0.6) is 0 Å². The van der Waals surface area contributed by atoms with Crippen LogP contribution in [0.2, 0.25) is 5.02 Å². The number of fused-ring (bicyclic) bond motifs is 3. The Kier molecular flexibility index (Phi) is 4.82. The molecule has 5 heterocycles. The smallest absolute Gasteiger partial charge is 0.420 e. The predicted octanol–water partition coefficient (Wildman–Crippen LogP) is 4.88. The number of oxazole rings is 1. The number of nitrogens with zero attached hydrogens (tertiary/aromatic N) is 5. The Balaban J connectivity index is 1.50. The number of piperazine rings is 1. The lowest BCUT2D eigenvalue weighted by Gasteiger charge is -2.55. The van der Waals surface area contributed by atoms with E-state index in [0.717, 1.165) is 6.42 Å². The summed E-state index contributed by atoms with van der Waals surface area (Å²) in [5.74, 6) is 0. The summed E-state index contributed by atoms with van der Waals surface area (Å²) in [5, 5.41) is 3.60. The molecule has 2 bridgehead atoms. The molecule has 0 radical (unpaired) electrons. The number of carbonyl (C=O) groups excluding carboxylic acids is 1. The van der Waals surface area contributed by atoms with Crippen LogP contribution >= 0.6 is 11.6 Å². The first kappa shape index (κ1) is 21.9. The van der Waals surface area contributed by atoms with E-state index in [4.69, 9.17) is 20.8 Å². The topological polar surface area (TPSA) is 76.6 Å². The second-order valence-electron chi connectivity index (χ2n) is 9.21. The lowest BCUT2D eigenvalue weighted by molar-refractivity contribution is -0.136. The minimum atomic E-state index is -4.72. The highest BCUT2D eigenvalue weighted by Crippen LogP contribution is 2.44. The number of anilines is 1. The van der Waals surface area contributed by atoms with E-state index in [0.29, 0.717) is 13.1 Å². The van der Waals surface area contributed by atoms with Crippen LogP contribution in [-0.4, -0.2) is 56.5 Å². The molecule has 3 aliphatic heterocycles. The minimum Gasteiger partial charge on any atom is -0.444 e. The second-order valence-corrected chi connectivity index (χ2v) is 9.62. The van der Waals surface area contributed by atoms with Gasteiger partial charge in [0.15, 0.2) is 5.58 Å². The molecule has 0 spiro atoms. The fraction of sp³-hybridized carbons (Fsp3) is 0.476. The third-order valence-electron chi connectivity index (χ3n) is 5.69. The van der Waals surface area contributed by atoms with Gasteiger partial charge in [0.2, 0.25) is 0 Å². The van der Waals surface area contributed by atoms with Gasteiger partial charge in [-0.1, -0.05) is 11.6 Å². The highest BCUT2D eigenvalue weighted by atomic mass is 35.5. The average Bonchev–Trinajstić information content (AvgIpc) is 3.34. The number of benzene rings is 1. The fourth-order valence-electron chi connectivity index (χ4n) is 4.39. The third kappa shape index (κ3) is 3.77. The van der Waals surface area contributed by atoms with E-state index in [1.807, 2.05) is 0 Å². The van der Waals surface area contributed by atoms with E-state index in [2.05, 4.69) is 10.1 Å². The molecule has 3 fully saturated rings. The number of rotatable bonds is 2. The van der Waals surface area contributed by atoms with Gasteiger partial charge in [-0.3, -0.25) is 4.90 Å². The number of piperidine rings is 1. The molecule has 1 amide bonds. The maximum Gasteiger partial charge on any atom is 0.420 e. The van der Waals surface area contributed by atoms with Gasteiger partial charge in [-0.25, -0.2) is 9.48 Å². The van der Waals surface area contributed by atoms with Gasteiger partial charge in [-0.2, -0.15) is 23.3 Å². The summed E-state index contributed by atoms with van der Waals surface area (Å²) in [6.45, 7) is 6.13. The van der Waals surface area contributed by atoms with Crippen LogP contribution in [0.1, 0.15) is 32.8 Å². The van der Waals surface area contributed by atoms with E-state index in [-0.39, 0.29) is 34.9 Å². The monoisotopic (exact) mass is 483 g/mol. The maximum atomic E-state index is 13.8. The molecule has 3 aliphatic rings. The van der Waals surface area contributed by atoms with Crippen LogP contribution in [0.4, 0.5) is 24.0 Å². The summed E-state index contributed by atoms with van der Waals surface area (Å²) in [7, 11) is 0. The van der Waals surface area contributed by atoms with Crippen molar-refractivity contribution in [2.75, 3.05) is 18.0 Å². The Morgan fingerprint density at radius 3 is 2.52 bits per heavy atom. The highest BCUT2D eigenvalue weighted by molar-refractivity contribution is 6.32. The van der Waals surface area contributed by atoms with Crippen molar-refractivity contribution in [3.63, 3.8) is 0 Å². The van der Waals surface area contributed by atoms with Crippen LogP contribution in [0.15, 0.2) is 28.9 Å². The van der Waals surface area contributed by atoms with Gasteiger partial charge < -0.3 is 14.1 Å². The molecule has 33 heavy (non-hydrogen) atoms. The Bertz CT molecular complexity index is 1210. The lowest BCUT2D eigenvalue weighted by atomic mass is 9.88. The summed E-state index contributed by atoms with van der Waals surface area (Å²) < 4.78 is 54.1. The molecule has 3 aromatic rings. The molecule has 2 unspecified atom stereocenters. The van der Waals surface area contributed by atoms with Crippen molar-refractivity contribution in [1.29, 1.82) is 0 Å². The van der Waals surface area contributed by atoms with Crippen LogP contribution in [-0.2, 0) is 10.9 Å². The molecule has 6 rings (SSSR count). The standard InChI is InChI=1S/C21H21ClF3N5O3/c1-20(2,3)33-19(31)30-11-7-12(30)10-28(9-11)18-27-16-15(21(23,24)25)13(22)8-14(17(16)32-18)29-6-4-5-26-29/h4-6,8,11-12H,7,9-10H2,1-3H3. The first-order valence-electron chi connectivity index (χ1n) is 10.4. The molecule has 1 aromatic carbocycles. The molecular formula is C21H21ClF3N5O3. The maximum absolute atomic E-state index is 13.8. The molecule has 0 saturated carbocycles. The second kappa shape index (κ2) is 7.28. The van der Waals surface area contributed by atoms with Crippen molar-refractivity contribution in [3.8, 4) is 5.69 Å². The van der Waals surface area contributed by atoms with Crippen molar-refractivity contribution >= 4 is 34.8 Å². The zero-order valence-electron chi connectivity index (χ0n) is 18.1. The zero-order valence-corrected chi connectivity index (χ0v) is 18.8. The number of alkyl halides is 3.